The van der Waals surface area contributed by atoms with Gasteiger partial charge in [0.2, 0.25) is 0 Å². The molecule has 4 rings (SSSR count). The highest BCUT2D eigenvalue weighted by Gasteiger charge is 2.17. The van der Waals surface area contributed by atoms with Crippen LogP contribution in [0.3, 0.4) is 0 Å². The Labute approximate surface area is 171 Å². The Morgan fingerprint density at radius 1 is 1.17 bits per heavy atom. The average Bonchev–Trinajstić information content (AvgIpc) is 2.76. The first kappa shape index (κ1) is 19.2. The molecular formula is C23H25N5O. The highest BCUT2D eigenvalue weighted by molar-refractivity contribution is 5.94. The summed E-state index contributed by atoms with van der Waals surface area (Å²) in [6.07, 6.45) is 7.53. The smallest absolute Gasteiger partial charge is 0.157 e. The highest BCUT2D eigenvalue weighted by atomic mass is 16.5. The van der Waals surface area contributed by atoms with Crippen LogP contribution < -0.4 is 10.2 Å². The molecule has 1 aliphatic heterocycles. The normalized spacial score (nSPS) is 15.2. The lowest BCUT2D eigenvalue weighted by molar-refractivity contribution is 0.122. The molecule has 0 aliphatic carbocycles. The van der Waals surface area contributed by atoms with Crippen molar-refractivity contribution in [2.75, 3.05) is 36.5 Å². The number of ether oxygens (including phenoxy) is 1. The number of anilines is 2. The first-order chi connectivity index (χ1) is 14.1. The number of benzene rings is 1. The topological polar surface area (TPSA) is 63.2 Å². The number of aryl methyl sites for hydroxylation is 1. The molecule has 148 valence electrons. The Bertz CT molecular complexity index is 1080. The lowest BCUT2D eigenvalue weighted by Gasteiger charge is -2.28. The Hall–Kier alpha value is -3.17. The fourth-order valence-corrected chi connectivity index (χ4v) is 3.80. The highest BCUT2D eigenvalue weighted by Crippen LogP contribution is 2.30. The Balaban J connectivity index is 1.71. The molecule has 1 atom stereocenters. The van der Waals surface area contributed by atoms with Crippen molar-refractivity contribution in [1.29, 1.82) is 0 Å². The van der Waals surface area contributed by atoms with Crippen LogP contribution >= 0.6 is 0 Å². The molecule has 6 heteroatoms. The zero-order chi connectivity index (χ0) is 20.4. The van der Waals surface area contributed by atoms with E-state index in [1.807, 2.05) is 25.3 Å². The van der Waals surface area contributed by atoms with Crippen LogP contribution in [0, 0.1) is 26.2 Å². The van der Waals surface area contributed by atoms with E-state index in [0.29, 0.717) is 0 Å². The molecule has 2 aromatic heterocycles. The van der Waals surface area contributed by atoms with Gasteiger partial charge in [0.15, 0.2) is 5.82 Å². The number of rotatable bonds is 4. The van der Waals surface area contributed by atoms with E-state index in [1.54, 1.807) is 0 Å². The second-order valence-corrected chi connectivity index (χ2v) is 7.35. The molecule has 0 unspecified atom stereocenters. The number of pyridine rings is 1. The summed E-state index contributed by atoms with van der Waals surface area (Å²) in [5.74, 6) is 4.45. The van der Waals surface area contributed by atoms with Gasteiger partial charge in [0, 0.05) is 35.6 Å². The molecule has 0 radical (unpaired) electrons. The first-order valence-corrected chi connectivity index (χ1v) is 9.87. The first-order valence-electron chi connectivity index (χ1n) is 9.87. The number of aromatic nitrogens is 3. The van der Waals surface area contributed by atoms with Gasteiger partial charge in [0.05, 0.1) is 24.9 Å². The van der Waals surface area contributed by atoms with Gasteiger partial charge >= 0.3 is 0 Å². The maximum absolute atomic E-state index is 5.64. The summed E-state index contributed by atoms with van der Waals surface area (Å²) < 4.78 is 5.47. The third-order valence-electron chi connectivity index (χ3n) is 5.52. The molecule has 29 heavy (non-hydrogen) atoms. The third-order valence-corrected chi connectivity index (χ3v) is 5.52. The van der Waals surface area contributed by atoms with Gasteiger partial charge in [-0.25, -0.2) is 4.98 Å². The van der Waals surface area contributed by atoms with Crippen LogP contribution in [0.15, 0.2) is 30.5 Å². The summed E-state index contributed by atoms with van der Waals surface area (Å²) in [6, 6.07) is 8.19. The molecule has 1 fully saturated rings. The molecule has 3 heterocycles. The minimum atomic E-state index is 0.0310. The molecule has 1 N–H and O–H groups in total. The number of hydrogen-bond donors (Lipinski definition) is 1. The predicted octanol–water partition coefficient (Wildman–Crippen LogP) is 3.63. The van der Waals surface area contributed by atoms with Gasteiger partial charge in [0.1, 0.15) is 5.82 Å². The van der Waals surface area contributed by atoms with Crippen molar-refractivity contribution in [3.05, 3.63) is 52.8 Å². The van der Waals surface area contributed by atoms with Gasteiger partial charge in [-0.1, -0.05) is 18.1 Å². The second kappa shape index (κ2) is 8.06. The summed E-state index contributed by atoms with van der Waals surface area (Å²) in [7, 11) is 0. The van der Waals surface area contributed by atoms with Crippen LogP contribution in [0.2, 0.25) is 0 Å². The monoisotopic (exact) mass is 387 g/mol. The second-order valence-electron chi connectivity index (χ2n) is 7.35. The molecule has 1 aromatic carbocycles. The Kier molecular flexibility index (Phi) is 5.32. The van der Waals surface area contributed by atoms with E-state index in [0.717, 1.165) is 71.1 Å². The maximum Gasteiger partial charge on any atom is 0.157 e. The van der Waals surface area contributed by atoms with E-state index in [2.05, 4.69) is 57.3 Å². The summed E-state index contributed by atoms with van der Waals surface area (Å²) >= 11 is 0. The van der Waals surface area contributed by atoms with Gasteiger partial charge in [-0.2, -0.15) is 5.10 Å². The van der Waals surface area contributed by atoms with Gasteiger partial charge in [-0.05, 0) is 44.0 Å². The Morgan fingerprint density at radius 3 is 2.72 bits per heavy atom. The van der Waals surface area contributed by atoms with Gasteiger partial charge in [-0.3, -0.25) is 0 Å². The number of terminal acetylenes is 1. The molecule has 1 saturated heterocycles. The predicted molar refractivity (Wildman–Crippen MR) is 116 cm³/mol. The van der Waals surface area contributed by atoms with Crippen LogP contribution in [0.25, 0.3) is 10.8 Å². The number of nitrogens with one attached hydrogen (secondary N) is 1. The minimum absolute atomic E-state index is 0.0310. The van der Waals surface area contributed by atoms with Gasteiger partial charge in [-0.15, -0.1) is 11.5 Å². The van der Waals surface area contributed by atoms with Crippen LogP contribution in [-0.4, -0.2) is 41.5 Å². The van der Waals surface area contributed by atoms with Crippen molar-refractivity contribution < 1.29 is 4.74 Å². The lowest BCUT2D eigenvalue weighted by atomic mass is 9.98. The molecule has 6 nitrogen and oxygen atoms in total. The van der Waals surface area contributed by atoms with Gasteiger partial charge < -0.3 is 15.0 Å². The number of fused-ring (bicyclic) bond motifs is 1. The van der Waals surface area contributed by atoms with E-state index in [9.17, 15) is 0 Å². The van der Waals surface area contributed by atoms with E-state index in [4.69, 9.17) is 11.2 Å². The zero-order valence-corrected chi connectivity index (χ0v) is 17.1. The average molecular weight is 387 g/mol. The molecule has 1 aliphatic rings. The molecular weight excluding hydrogens is 362 g/mol. The molecule has 0 amide bonds. The van der Waals surface area contributed by atoms with Crippen molar-refractivity contribution in [1.82, 2.24) is 15.2 Å². The van der Waals surface area contributed by atoms with E-state index >= 15 is 0 Å². The van der Waals surface area contributed by atoms with Crippen LogP contribution in [-0.2, 0) is 4.74 Å². The number of hydrogen-bond acceptors (Lipinski definition) is 6. The molecule has 0 bridgehead atoms. The Morgan fingerprint density at radius 2 is 1.97 bits per heavy atom. The van der Waals surface area contributed by atoms with Crippen molar-refractivity contribution in [3.63, 3.8) is 0 Å². The third kappa shape index (κ3) is 3.74. The molecule has 0 saturated carbocycles. The zero-order valence-electron chi connectivity index (χ0n) is 17.1. The number of nitrogens with zero attached hydrogens (tertiary/aromatic N) is 4. The van der Waals surface area contributed by atoms with Crippen molar-refractivity contribution in [3.8, 4) is 12.3 Å². The molecule has 3 aromatic rings. The molecule has 0 spiro atoms. The van der Waals surface area contributed by atoms with Gasteiger partial charge in [0.25, 0.3) is 0 Å². The van der Waals surface area contributed by atoms with E-state index in [1.165, 1.54) is 0 Å². The summed E-state index contributed by atoms with van der Waals surface area (Å²) in [5, 5.41) is 14.4. The largest absolute Gasteiger partial charge is 0.378 e. The lowest BCUT2D eigenvalue weighted by Crippen LogP contribution is -2.36. The minimum Gasteiger partial charge on any atom is -0.378 e. The SMILES string of the molecule is C#Cc1cccc([C@@H](C)Nc2nnc(C)c3cnc(N4CCOCC4)cc23)c1C. The van der Waals surface area contributed by atoms with E-state index < -0.39 is 0 Å². The summed E-state index contributed by atoms with van der Waals surface area (Å²) in [5.41, 5.74) is 4.04. The van der Waals surface area contributed by atoms with Crippen molar-refractivity contribution in [2.24, 2.45) is 0 Å². The number of morpholine rings is 1. The summed E-state index contributed by atoms with van der Waals surface area (Å²) in [6.45, 7) is 9.25. The van der Waals surface area contributed by atoms with Crippen molar-refractivity contribution >= 4 is 22.4 Å². The quantitative estimate of drug-likeness (QED) is 0.690. The van der Waals surface area contributed by atoms with Crippen LogP contribution in [0.4, 0.5) is 11.6 Å². The van der Waals surface area contributed by atoms with E-state index in [-0.39, 0.29) is 6.04 Å². The maximum atomic E-state index is 5.64. The fourth-order valence-electron chi connectivity index (χ4n) is 3.80. The van der Waals surface area contributed by atoms with Crippen LogP contribution in [0.1, 0.15) is 35.3 Å². The standard InChI is InChI=1S/C23H25N5O/c1-5-18-7-6-8-19(15(18)2)16(3)25-23-20-13-22(28-9-11-29-12-10-28)24-14-21(20)17(4)26-27-23/h1,6-8,13-14,16H,9-12H2,2-4H3,(H,25,27)/t16-/m1/s1. The van der Waals surface area contributed by atoms with Crippen molar-refractivity contribution in [2.45, 2.75) is 26.8 Å². The fraction of sp³-hybridized carbons (Fsp3) is 0.348. The summed E-state index contributed by atoms with van der Waals surface area (Å²) in [4.78, 5) is 6.90. The van der Waals surface area contributed by atoms with Crippen LogP contribution in [0.5, 0.6) is 0 Å².